The van der Waals surface area contributed by atoms with Crippen molar-refractivity contribution in [3.63, 3.8) is 0 Å². The van der Waals surface area contributed by atoms with E-state index in [0.717, 1.165) is 41.7 Å². The molecule has 10 heteroatoms. The van der Waals surface area contributed by atoms with Gasteiger partial charge < -0.3 is 18.9 Å². The van der Waals surface area contributed by atoms with Crippen molar-refractivity contribution in [2.75, 3.05) is 26.9 Å². The van der Waals surface area contributed by atoms with Gasteiger partial charge in [0, 0.05) is 25.8 Å². The summed E-state index contributed by atoms with van der Waals surface area (Å²) in [7, 11) is 1.64. The molecule has 4 heterocycles. The molecule has 0 bridgehead atoms. The van der Waals surface area contributed by atoms with Gasteiger partial charge in [0.2, 0.25) is 0 Å². The zero-order chi connectivity index (χ0) is 24.2. The van der Waals surface area contributed by atoms with Crippen molar-refractivity contribution in [3.8, 4) is 0 Å². The van der Waals surface area contributed by atoms with Crippen molar-refractivity contribution < 1.29 is 13.9 Å². The van der Waals surface area contributed by atoms with Crippen LogP contribution < -0.4 is 5.56 Å². The topological polar surface area (TPSA) is 111 Å². The van der Waals surface area contributed by atoms with Gasteiger partial charge in [0.1, 0.15) is 11.8 Å². The summed E-state index contributed by atoms with van der Waals surface area (Å²) in [5, 5.41) is 13.5. The quantitative estimate of drug-likeness (QED) is 0.370. The first-order valence-corrected chi connectivity index (χ1v) is 11.9. The van der Waals surface area contributed by atoms with E-state index >= 15 is 0 Å². The Kier molecular flexibility index (Phi) is 7.03. The summed E-state index contributed by atoms with van der Waals surface area (Å²) in [6, 6.07) is 11.2. The number of aromatic nitrogens is 5. The van der Waals surface area contributed by atoms with Gasteiger partial charge in [-0.15, -0.1) is 5.10 Å². The van der Waals surface area contributed by atoms with E-state index in [2.05, 4.69) is 25.4 Å². The maximum absolute atomic E-state index is 13.6. The van der Waals surface area contributed by atoms with Crippen molar-refractivity contribution in [1.82, 2.24) is 30.1 Å². The molecule has 0 unspecified atom stereocenters. The number of nitrogens with zero attached hydrogens (tertiary/aromatic N) is 5. The SMILES string of the molecule is COCCn1nnnc1[C@@H](c1cc2cccc(C)c2[nH]c1=O)N(Cc1ccco1)C[C@H]1CCCO1. The van der Waals surface area contributed by atoms with E-state index in [-0.39, 0.29) is 11.7 Å². The third-order valence-corrected chi connectivity index (χ3v) is 6.49. The van der Waals surface area contributed by atoms with E-state index in [9.17, 15) is 4.79 Å². The second-order valence-electron chi connectivity index (χ2n) is 8.89. The predicted octanol–water partition coefficient (Wildman–Crippen LogP) is 2.83. The first kappa shape index (κ1) is 23.4. The first-order chi connectivity index (χ1) is 17.1. The molecule has 0 saturated carbocycles. The molecule has 1 fully saturated rings. The van der Waals surface area contributed by atoms with E-state index < -0.39 is 6.04 Å². The Morgan fingerprint density at radius 1 is 1.31 bits per heavy atom. The van der Waals surface area contributed by atoms with Crippen LogP contribution in [0.2, 0.25) is 0 Å². The van der Waals surface area contributed by atoms with Crippen LogP contribution in [0, 0.1) is 6.92 Å². The smallest absolute Gasteiger partial charge is 0.253 e. The van der Waals surface area contributed by atoms with Gasteiger partial charge in [0.05, 0.1) is 37.6 Å². The number of rotatable bonds is 10. The largest absolute Gasteiger partial charge is 0.468 e. The van der Waals surface area contributed by atoms with Crippen molar-refractivity contribution >= 4 is 10.9 Å². The number of ether oxygens (including phenoxy) is 2. The minimum atomic E-state index is -0.523. The fourth-order valence-electron chi connectivity index (χ4n) is 4.76. The van der Waals surface area contributed by atoms with Crippen molar-refractivity contribution in [3.05, 3.63) is 75.7 Å². The van der Waals surface area contributed by atoms with Gasteiger partial charge in [-0.2, -0.15) is 0 Å². The monoisotopic (exact) mass is 478 g/mol. The van der Waals surface area contributed by atoms with Crippen LogP contribution >= 0.6 is 0 Å². The number of nitrogens with one attached hydrogen (secondary N) is 1. The predicted molar refractivity (Wildman–Crippen MR) is 129 cm³/mol. The van der Waals surface area contributed by atoms with Gasteiger partial charge >= 0.3 is 0 Å². The summed E-state index contributed by atoms with van der Waals surface area (Å²) in [5.41, 5.74) is 2.24. The van der Waals surface area contributed by atoms with Crippen LogP contribution in [0.25, 0.3) is 10.9 Å². The number of methoxy groups -OCH3 is 1. The minimum absolute atomic E-state index is 0.0533. The molecule has 1 aromatic carbocycles. The van der Waals surface area contributed by atoms with E-state index in [1.807, 2.05) is 43.3 Å². The summed E-state index contributed by atoms with van der Waals surface area (Å²) in [6.07, 6.45) is 3.69. The Morgan fingerprint density at radius 3 is 3.00 bits per heavy atom. The van der Waals surface area contributed by atoms with E-state index in [0.29, 0.717) is 37.6 Å². The molecule has 3 aromatic heterocycles. The van der Waals surface area contributed by atoms with E-state index in [1.54, 1.807) is 18.1 Å². The lowest BCUT2D eigenvalue weighted by molar-refractivity contribution is 0.0541. The molecule has 1 saturated heterocycles. The van der Waals surface area contributed by atoms with Crippen LogP contribution in [0.15, 0.2) is 51.9 Å². The highest BCUT2D eigenvalue weighted by molar-refractivity contribution is 5.82. The Labute approximate surface area is 202 Å². The molecule has 0 aliphatic carbocycles. The summed E-state index contributed by atoms with van der Waals surface area (Å²) in [6.45, 7) is 4.72. The van der Waals surface area contributed by atoms with Crippen LogP contribution in [-0.4, -0.2) is 63.1 Å². The maximum Gasteiger partial charge on any atom is 0.253 e. The fourth-order valence-corrected chi connectivity index (χ4v) is 4.76. The van der Waals surface area contributed by atoms with E-state index in [4.69, 9.17) is 13.9 Å². The van der Waals surface area contributed by atoms with Crippen LogP contribution in [0.4, 0.5) is 0 Å². The lowest BCUT2D eigenvalue weighted by Gasteiger charge is -2.32. The van der Waals surface area contributed by atoms with Gasteiger partial charge in [-0.1, -0.05) is 18.2 Å². The van der Waals surface area contributed by atoms with Crippen LogP contribution in [0.3, 0.4) is 0 Å². The molecule has 5 rings (SSSR count). The summed E-state index contributed by atoms with van der Waals surface area (Å²) in [5.74, 6) is 1.36. The molecule has 4 aromatic rings. The van der Waals surface area contributed by atoms with E-state index in [1.165, 1.54) is 0 Å². The molecule has 184 valence electrons. The zero-order valence-electron chi connectivity index (χ0n) is 20.0. The van der Waals surface area contributed by atoms with Crippen LogP contribution in [0.1, 0.15) is 41.6 Å². The minimum Gasteiger partial charge on any atom is -0.468 e. The molecular weight excluding hydrogens is 448 g/mol. The van der Waals surface area contributed by atoms with Gasteiger partial charge in [-0.3, -0.25) is 9.69 Å². The van der Waals surface area contributed by atoms with Crippen LogP contribution in [-0.2, 0) is 22.6 Å². The number of H-pyrrole nitrogens is 1. The van der Waals surface area contributed by atoms with Crippen molar-refractivity contribution in [1.29, 1.82) is 0 Å². The Bertz CT molecular complexity index is 1310. The second-order valence-corrected chi connectivity index (χ2v) is 8.89. The number of tetrazole rings is 1. The average Bonchev–Trinajstić information content (AvgIpc) is 3.63. The molecule has 1 aliphatic rings. The van der Waals surface area contributed by atoms with Gasteiger partial charge in [-0.05, 0) is 59.3 Å². The number of hydrogen-bond donors (Lipinski definition) is 1. The molecule has 10 nitrogen and oxygen atoms in total. The molecule has 0 spiro atoms. The maximum atomic E-state index is 13.6. The highest BCUT2D eigenvalue weighted by Gasteiger charge is 2.33. The van der Waals surface area contributed by atoms with Crippen molar-refractivity contribution in [2.24, 2.45) is 0 Å². The second kappa shape index (κ2) is 10.5. The molecular formula is C25H30N6O4. The highest BCUT2D eigenvalue weighted by Crippen LogP contribution is 2.30. The molecule has 1 aliphatic heterocycles. The molecule has 1 N–H and O–H groups in total. The molecule has 0 amide bonds. The lowest BCUT2D eigenvalue weighted by Crippen LogP contribution is -2.39. The number of benzene rings is 1. The highest BCUT2D eigenvalue weighted by atomic mass is 16.5. The van der Waals surface area contributed by atoms with Gasteiger partial charge in [-0.25, -0.2) is 4.68 Å². The average molecular weight is 479 g/mol. The number of hydrogen-bond acceptors (Lipinski definition) is 8. The summed E-state index contributed by atoms with van der Waals surface area (Å²) < 4.78 is 18.7. The lowest BCUT2D eigenvalue weighted by atomic mass is 10.0. The summed E-state index contributed by atoms with van der Waals surface area (Å²) >= 11 is 0. The summed E-state index contributed by atoms with van der Waals surface area (Å²) in [4.78, 5) is 18.8. The zero-order valence-corrected chi connectivity index (χ0v) is 20.0. The molecule has 2 atom stereocenters. The molecule has 0 radical (unpaired) electrons. The number of pyridine rings is 1. The number of para-hydroxylation sites is 1. The first-order valence-electron chi connectivity index (χ1n) is 11.9. The third-order valence-electron chi connectivity index (χ3n) is 6.49. The Balaban J connectivity index is 1.65. The number of furan rings is 1. The van der Waals surface area contributed by atoms with Crippen molar-refractivity contribution in [2.45, 2.75) is 45.0 Å². The van der Waals surface area contributed by atoms with Crippen LogP contribution in [0.5, 0.6) is 0 Å². The number of aryl methyl sites for hydroxylation is 1. The third kappa shape index (κ3) is 5.04. The Hall–Kier alpha value is -3.34. The Morgan fingerprint density at radius 2 is 2.23 bits per heavy atom. The normalized spacial score (nSPS) is 16.9. The molecule has 35 heavy (non-hydrogen) atoms. The van der Waals surface area contributed by atoms with Gasteiger partial charge in [0.15, 0.2) is 5.82 Å². The standard InChI is InChI=1S/C25H30N6O4/c1-17-6-3-7-18-14-21(25(32)26-22(17)18)23(24-27-28-29-31(24)10-13-33-2)30(15-19-8-4-11-34-19)16-20-9-5-12-35-20/h3-4,6-8,11,14,20,23H,5,9-10,12-13,15-16H2,1-2H3,(H,26,32)/t20-,23-/m1/s1. The fraction of sp³-hybridized carbons (Fsp3) is 0.440. The number of fused-ring (bicyclic) bond motifs is 1. The number of aromatic amines is 1. The van der Waals surface area contributed by atoms with Gasteiger partial charge in [0.25, 0.3) is 5.56 Å².